The number of aromatic nitrogens is 2. The number of aromatic amines is 1. The first-order valence-corrected chi connectivity index (χ1v) is 9.44. The highest BCUT2D eigenvalue weighted by Gasteiger charge is 2.30. The number of rotatable bonds is 3. The highest BCUT2D eigenvalue weighted by molar-refractivity contribution is 6.30. The average Bonchev–Trinajstić information content (AvgIpc) is 2.68. The predicted molar refractivity (Wildman–Crippen MR) is 105 cm³/mol. The van der Waals surface area contributed by atoms with Crippen molar-refractivity contribution in [2.24, 2.45) is 0 Å². The van der Waals surface area contributed by atoms with E-state index in [1.807, 2.05) is 4.90 Å². The van der Waals surface area contributed by atoms with Crippen molar-refractivity contribution in [1.82, 2.24) is 14.9 Å². The Labute approximate surface area is 170 Å². The minimum Gasteiger partial charge on any atom is -0.306 e. The van der Waals surface area contributed by atoms with Crippen molar-refractivity contribution in [2.45, 2.75) is 25.7 Å². The van der Waals surface area contributed by atoms with Crippen LogP contribution in [-0.4, -0.2) is 21.4 Å². The molecule has 150 valence electrons. The third-order valence-corrected chi connectivity index (χ3v) is 5.18. The van der Waals surface area contributed by atoms with E-state index < -0.39 is 11.7 Å². The molecule has 0 spiro atoms. The second-order valence-corrected chi connectivity index (χ2v) is 7.44. The molecule has 0 aliphatic carbocycles. The lowest BCUT2D eigenvalue weighted by molar-refractivity contribution is -0.137. The normalized spacial score (nSPS) is 14.6. The van der Waals surface area contributed by atoms with E-state index >= 15 is 0 Å². The van der Waals surface area contributed by atoms with Gasteiger partial charge in [0.25, 0.3) is 5.56 Å². The van der Waals surface area contributed by atoms with E-state index in [4.69, 9.17) is 11.6 Å². The van der Waals surface area contributed by atoms with Gasteiger partial charge < -0.3 is 4.98 Å². The molecule has 2 heterocycles. The predicted octanol–water partition coefficient (Wildman–Crippen LogP) is 4.67. The summed E-state index contributed by atoms with van der Waals surface area (Å²) in [5.74, 6) is 0.483. The SMILES string of the molecule is O=c1[nH]c(-c2ccc(Cl)cc2)nc2c1CN(Cc1cccc(C(F)(F)F)c1)CC2. The molecule has 0 radical (unpaired) electrons. The number of alkyl halides is 3. The zero-order valence-corrected chi connectivity index (χ0v) is 16.0. The van der Waals surface area contributed by atoms with Gasteiger partial charge in [0, 0.05) is 36.6 Å². The Hall–Kier alpha value is -2.64. The molecule has 1 aliphatic heterocycles. The second kappa shape index (κ2) is 7.65. The minimum absolute atomic E-state index is 0.228. The molecule has 1 aliphatic rings. The van der Waals surface area contributed by atoms with Gasteiger partial charge in [-0.2, -0.15) is 13.2 Å². The number of benzene rings is 2. The topological polar surface area (TPSA) is 49.0 Å². The van der Waals surface area contributed by atoms with Crippen molar-refractivity contribution in [3.8, 4) is 11.4 Å². The first-order valence-electron chi connectivity index (χ1n) is 9.06. The molecule has 4 rings (SSSR count). The van der Waals surface area contributed by atoms with Gasteiger partial charge in [0.15, 0.2) is 0 Å². The summed E-state index contributed by atoms with van der Waals surface area (Å²) in [6.07, 6.45) is -3.82. The fourth-order valence-electron chi connectivity index (χ4n) is 3.46. The van der Waals surface area contributed by atoms with Gasteiger partial charge in [-0.25, -0.2) is 4.98 Å². The zero-order chi connectivity index (χ0) is 20.6. The van der Waals surface area contributed by atoms with Crippen LogP contribution in [0, 0.1) is 0 Å². The van der Waals surface area contributed by atoms with Crippen molar-refractivity contribution >= 4 is 11.6 Å². The van der Waals surface area contributed by atoms with Crippen LogP contribution in [0.5, 0.6) is 0 Å². The lowest BCUT2D eigenvalue weighted by atomic mass is 10.0. The third kappa shape index (κ3) is 4.36. The minimum atomic E-state index is -4.37. The van der Waals surface area contributed by atoms with Crippen LogP contribution < -0.4 is 5.56 Å². The summed E-state index contributed by atoms with van der Waals surface area (Å²) < 4.78 is 38.8. The van der Waals surface area contributed by atoms with E-state index in [2.05, 4.69) is 9.97 Å². The van der Waals surface area contributed by atoms with E-state index in [1.165, 1.54) is 6.07 Å². The Balaban J connectivity index is 1.55. The smallest absolute Gasteiger partial charge is 0.306 e. The maximum absolute atomic E-state index is 12.9. The Bertz CT molecular complexity index is 1090. The quantitative estimate of drug-likeness (QED) is 0.671. The number of hydrogen-bond acceptors (Lipinski definition) is 3. The van der Waals surface area contributed by atoms with Gasteiger partial charge in [0.1, 0.15) is 5.82 Å². The molecule has 0 saturated heterocycles. The lowest BCUT2D eigenvalue weighted by Crippen LogP contribution is -2.35. The van der Waals surface area contributed by atoms with Gasteiger partial charge in [-0.05, 0) is 35.9 Å². The monoisotopic (exact) mass is 419 g/mol. The molecule has 0 bridgehead atoms. The van der Waals surface area contributed by atoms with Gasteiger partial charge in [0.2, 0.25) is 0 Å². The number of H-pyrrole nitrogens is 1. The first kappa shape index (κ1) is 19.7. The molecule has 1 aromatic heterocycles. The molecular formula is C21H17ClF3N3O. The molecule has 8 heteroatoms. The average molecular weight is 420 g/mol. The van der Waals surface area contributed by atoms with E-state index in [9.17, 15) is 18.0 Å². The highest BCUT2D eigenvalue weighted by atomic mass is 35.5. The van der Waals surface area contributed by atoms with Crippen LogP contribution in [0.25, 0.3) is 11.4 Å². The van der Waals surface area contributed by atoms with Gasteiger partial charge in [0.05, 0.1) is 16.8 Å². The molecule has 0 saturated carbocycles. The molecule has 2 aromatic carbocycles. The van der Waals surface area contributed by atoms with Crippen molar-refractivity contribution in [3.63, 3.8) is 0 Å². The van der Waals surface area contributed by atoms with Crippen molar-refractivity contribution in [3.05, 3.63) is 86.3 Å². The molecule has 0 amide bonds. The molecule has 0 unspecified atom stereocenters. The largest absolute Gasteiger partial charge is 0.416 e. The number of fused-ring (bicyclic) bond motifs is 1. The molecular weight excluding hydrogens is 403 g/mol. The molecule has 3 aromatic rings. The van der Waals surface area contributed by atoms with E-state index in [-0.39, 0.29) is 5.56 Å². The number of nitrogens with zero attached hydrogens (tertiary/aromatic N) is 2. The maximum atomic E-state index is 12.9. The van der Waals surface area contributed by atoms with Crippen molar-refractivity contribution < 1.29 is 13.2 Å². The Morgan fingerprint density at radius 2 is 1.90 bits per heavy atom. The van der Waals surface area contributed by atoms with Gasteiger partial charge >= 0.3 is 6.18 Å². The third-order valence-electron chi connectivity index (χ3n) is 4.93. The Kier molecular flexibility index (Phi) is 5.19. The Morgan fingerprint density at radius 1 is 1.14 bits per heavy atom. The maximum Gasteiger partial charge on any atom is 0.416 e. The number of nitrogens with one attached hydrogen (secondary N) is 1. The van der Waals surface area contributed by atoms with Crippen LogP contribution in [0.1, 0.15) is 22.4 Å². The van der Waals surface area contributed by atoms with Crippen molar-refractivity contribution in [2.75, 3.05) is 6.54 Å². The fourth-order valence-corrected chi connectivity index (χ4v) is 3.59. The summed E-state index contributed by atoms with van der Waals surface area (Å²) in [6, 6.07) is 12.3. The second-order valence-electron chi connectivity index (χ2n) is 7.01. The van der Waals surface area contributed by atoms with E-state index in [0.29, 0.717) is 48.0 Å². The van der Waals surface area contributed by atoms with Crippen LogP contribution in [0.3, 0.4) is 0 Å². The van der Waals surface area contributed by atoms with Crippen LogP contribution >= 0.6 is 11.6 Å². The molecule has 4 nitrogen and oxygen atoms in total. The Morgan fingerprint density at radius 3 is 2.62 bits per heavy atom. The highest BCUT2D eigenvalue weighted by Crippen LogP contribution is 2.30. The summed E-state index contributed by atoms with van der Waals surface area (Å²) in [4.78, 5) is 22.0. The number of halogens is 4. The lowest BCUT2D eigenvalue weighted by Gasteiger charge is -2.28. The first-order chi connectivity index (χ1) is 13.8. The summed E-state index contributed by atoms with van der Waals surface area (Å²) in [7, 11) is 0. The van der Waals surface area contributed by atoms with E-state index in [1.54, 1.807) is 30.3 Å². The van der Waals surface area contributed by atoms with Crippen molar-refractivity contribution in [1.29, 1.82) is 0 Å². The zero-order valence-electron chi connectivity index (χ0n) is 15.3. The summed E-state index contributed by atoms with van der Waals surface area (Å²) in [5.41, 5.74) is 1.71. The fraction of sp³-hybridized carbons (Fsp3) is 0.238. The van der Waals surface area contributed by atoms with Crippen LogP contribution in [0.4, 0.5) is 13.2 Å². The standard InChI is InChI=1S/C21H17ClF3N3O/c22-16-6-4-14(5-7-16)19-26-18-8-9-28(12-17(18)20(29)27-19)11-13-2-1-3-15(10-13)21(23,24)25/h1-7,10H,8-9,11-12H2,(H,26,27,29). The number of hydrogen-bond donors (Lipinski definition) is 1. The molecule has 29 heavy (non-hydrogen) atoms. The van der Waals surface area contributed by atoms with Crippen LogP contribution in [-0.2, 0) is 25.7 Å². The molecule has 1 N–H and O–H groups in total. The summed E-state index contributed by atoms with van der Waals surface area (Å²) >= 11 is 5.90. The molecule has 0 atom stereocenters. The summed E-state index contributed by atoms with van der Waals surface area (Å²) in [5, 5.41) is 0.597. The van der Waals surface area contributed by atoms with Gasteiger partial charge in [-0.1, -0.05) is 29.8 Å². The van der Waals surface area contributed by atoms with Gasteiger partial charge in [-0.15, -0.1) is 0 Å². The van der Waals surface area contributed by atoms with E-state index in [0.717, 1.165) is 23.4 Å². The summed E-state index contributed by atoms with van der Waals surface area (Å²) in [6.45, 7) is 1.29. The molecule has 0 fully saturated rings. The van der Waals surface area contributed by atoms with Crippen LogP contribution in [0.2, 0.25) is 5.02 Å². The van der Waals surface area contributed by atoms with Crippen LogP contribution in [0.15, 0.2) is 53.3 Å². The van der Waals surface area contributed by atoms with Gasteiger partial charge in [-0.3, -0.25) is 9.69 Å².